The number of benzene rings is 2. The first-order valence-corrected chi connectivity index (χ1v) is 13.9. The van der Waals surface area contributed by atoms with Crippen LogP contribution < -0.4 is 14.2 Å². The lowest BCUT2D eigenvalue weighted by atomic mass is 9.99. The van der Waals surface area contributed by atoms with E-state index < -0.39 is 5.97 Å². The van der Waals surface area contributed by atoms with Gasteiger partial charge in [-0.1, -0.05) is 18.2 Å². The first-order chi connectivity index (χ1) is 19.3. The summed E-state index contributed by atoms with van der Waals surface area (Å²) in [6, 6.07) is 15.3. The molecule has 1 aliphatic heterocycles. The van der Waals surface area contributed by atoms with Gasteiger partial charge in [-0.2, -0.15) is 0 Å². The highest BCUT2D eigenvalue weighted by molar-refractivity contribution is 5.70. The SMILES string of the molecule is COc1cc(CN(C[C@@H]2CC[C@@H](C(=O)O)C2)[C@@H](C)c2ccc3c(c2)CCO3)ccc1OCCn1c(O)ccc1O. The minimum atomic E-state index is -0.691. The molecule has 40 heavy (non-hydrogen) atoms. The van der Waals surface area contributed by atoms with Crippen molar-refractivity contribution in [2.24, 2.45) is 11.8 Å². The van der Waals surface area contributed by atoms with Crippen LogP contribution >= 0.6 is 0 Å². The van der Waals surface area contributed by atoms with Gasteiger partial charge in [-0.05, 0) is 67.0 Å². The van der Waals surface area contributed by atoms with Crippen LogP contribution in [-0.4, -0.2) is 57.6 Å². The van der Waals surface area contributed by atoms with Crippen molar-refractivity contribution in [1.29, 1.82) is 0 Å². The van der Waals surface area contributed by atoms with Crippen molar-refractivity contribution in [2.45, 2.75) is 51.7 Å². The molecule has 1 aromatic heterocycles. The highest BCUT2D eigenvalue weighted by Crippen LogP contribution is 2.37. The van der Waals surface area contributed by atoms with Gasteiger partial charge >= 0.3 is 5.97 Å². The van der Waals surface area contributed by atoms with Crippen molar-refractivity contribution in [3.05, 3.63) is 65.2 Å². The smallest absolute Gasteiger partial charge is 0.306 e. The van der Waals surface area contributed by atoms with Crippen LogP contribution in [0.3, 0.4) is 0 Å². The molecule has 9 nitrogen and oxygen atoms in total. The molecule has 1 saturated carbocycles. The molecule has 5 rings (SSSR count). The molecule has 0 amide bonds. The van der Waals surface area contributed by atoms with Crippen molar-refractivity contribution in [1.82, 2.24) is 9.47 Å². The number of ether oxygens (including phenoxy) is 3. The third-order valence-electron chi connectivity index (χ3n) is 8.25. The van der Waals surface area contributed by atoms with Gasteiger partial charge in [0.05, 0.1) is 26.2 Å². The molecule has 214 valence electrons. The predicted octanol–water partition coefficient (Wildman–Crippen LogP) is 4.99. The zero-order valence-electron chi connectivity index (χ0n) is 23.1. The summed E-state index contributed by atoms with van der Waals surface area (Å²) in [4.78, 5) is 14.0. The Morgan fingerprint density at radius 1 is 1.10 bits per heavy atom. The molecule has 3 aromatic rings. The Labute approximate surface area is 234 Å². The summed E-state index contributed by atoms with van der Waals surface area (Å²) in [5.74, 6) is 1.48. The Morgan fingerprint density at radius 3 is 2.62 bits per heavy atom. The molecule has 2 aliphatic rings. The summed E-state index contributed by atoms with van der Waals surface area (Å²) >= 11 is 0. The number of aliphatic carboxylic acids is 1. The maximum absolute atomic E-state index is 11.6. The summed E-state index contributed by atoms with van der Waals surface area (Å²) in [5.41, 5.74) is 3.52. The number of carbonyl (C=O) groups is 1. The fourth-order valence-corrected chi connectivity index (χ4v) is 5.92. The molecule has 1 aliphatic carbocycles. The maximum Gasteiger partial charge on any atom is 0.306 e. The standard InChI is InChI=1S/C31H38N2O7/c1-20(23-6-8-26-24(17-23)11-13-39-26)32(18-21-3-5-25(15-21)31(36)37)19-22-4-7-27(28(16-22)38-2)40-14-12-33-29(34)9-10-30(33)35/h4,6-10,16-17,20-21,25,34-35H,3,5,11-15,18-19H2,1-2H3,(H,36,37)/t20-,21+,25+/m0/s1. The number of fused-ring (bicyclic) bond motifs is 1. The number of aromatic hydroxyl groups is 2. The summed E-state index contributed by atoms with van der Waals surface area (Å²) in [5, 5.41) is 29.2. The van der Waals surface area contributed by atoms with E-state index in [4.69, 9.17) is 14.2 Å². The zero-order chi connectivity index (χ0) is 28.2. The van der Waals surface area contributed by atoms with Gasteiger partial charge in [0, 0.05) is 37.7 Å². The van der Waals surface area contributed by atoms with Crippen molar-refractivity contribution >= 4 is 5.97 Å². The van der Waals surface area contributed by atoms with Gasteiger partial charge in [-0.25, -0.2) is 0 Å². The number of hydrogen-bond acceptors (Lipinski definition) is 7. The second kappa shape index (κ2) is 12.1. The second-order valence-electron chi connectivity index (χ2n) is 10.8. The summed E-state index contributed by atoms with van der Waals surface area (Å²) in [6.45, 7) is 4.93. The number of nitrogens with zero attached hydrogens (tertiary/aromatic N) is 2. The minimum absolute atomic E-state index is 0.0227. The van der Waals surface area contributed by atoms with E-state index in [0.717, 1.165) is 43.7 Å². The first kappa shape index (κ1) is 27.7. The van der Waals surface area contributed by atoms with E-state index in [1.807, 2.05) is 18.2 Å². The van der Waals surface area contributed by atoms with E-state index in [2.05, 4.69) is 30.0 Å². The number of rotatable bonds is 12. The molecular formula is C31H38N2O7. The Balaban J connectivity index is 1.31. The van der Waals surface area contributed by atoms with Gasteiger partial charge in [0.15, 0.2) is 23.3 Å². The van der Waals surface area contributed by atoms with Gasteiger partial charge in [0.25, 0.3) is 0 Å². The Hall–Kier alpha value is -3.85. The molecule has 9 heteroatoms. The number of aromatic nitrogens is 1. The van der Waals surface area contributed by atoms with Crippen molar-refractivity contribution < 1.29 is 34.3 Å². The third kappa shape index (κ3) is 6.14. The van der Waals surface area contributed by atoms with Gasteiger partial charge in [0.1, 0.15) is 12.4 Å². The highest BCUT2D eigenvalue weighted by Gasteiger charge is 2.32. The summed E-state index contributed by atoms with van der Waals surface area (Å²) in [7, 11) is 1.60. The largest absolute Gasteiger partial charge is 0.494 e. The lowest BCUT2D eigenvalue weighted by Gasteiger charge is -2.32. The quantitative estimate of drug-likeness (QED) is 0.289. The predicted molar refractivity (Wildman–Crippen MR) is 149 cm³/mol. The van der Waals surface area contributed by atoms with Gasteiger partial charge < -0.3 is 29.5 Å². The lowest BCUT2D eigenvalue weighted by molar-refractivity contribution is -0.141. The second-order valence-corrected chi connectivity index (χ2v) is 10.8. The monoisotopic (exact) mass is 550 g/mol. The van der Waals surface area contributed by atoms with E-state index in [9.17, 15) is 20.1 Å². The Morgan fingerprint density at radius 2 is 1.90 bits per heavy atom. The van der Waals surface area contributed by atoms with E-state index in [1.54, 1.807) is 7.11 Å². The van der Waals surface area contributed by atoms with E-state index >= 15 is 0 Å². The Bertz CT molecular complexity index is 1320. The zero-order valence-corrected chi connectivity index (χ0v) is 23.1. The number of hydrogen-bond donors (Lipinski definition) is 3. The van der Waals surface area contributed by atoms with Gasteiger partial charge in [-0.3, -0.25) is 14.3 Å². The molecule has 0 unspecified atom stereocenters. The van der Waals surface area contributed by atoms with Gasteiger partial charge in [0.2, 0.25) is 0 Å². The topological polar surface area (TPSA) is 114 Å². The van der Waals surface area contributed by atoms with Gasteiger partial charge in [-0.15, -0.1) is 0 Å². The van der Waals surface area contributed by atoms with Crippen LogP contribution in [0, 0.1) is 11.8 Å². The Kier molecular flexibility index (Phi) is 8.40. The minimum Gasteiger partial charge on any atom is -0.494 e. The fraction of sp³-hybridized carbons (Fsp3) is 0.452. The molecule has 0 spiro atoms. The van der Waals surface area contributed by atoms with Crippen molar-refractivity contribution in [3.63, 3.8) is 0 Å². The van der Waals surface area contributed by atoms with E-state index in [-0.39, 0.29) is 36.9 Å². The van der Waals surface area contributed by atoms with Crippen LogP contribution in [0.1, 0.15) is 48.9 Å². The first-order valence-electron chi connectivity index (χ1n) is 13.9. The maximum atomic E-state index is 11.6. The van der Waals surface area contributed by atoms with E-state index in [1.165, 1.54) is 27.8 Å². The van der Waals surface area contributed by atoms with Crippen LogP contribution in [0.5, 0.6) is 29.0 Å². The van der Waals surface area contributed by atoms with Crippen molar-refractivity contribution in [3.8, 4) is 29.0 Å². The van der Waals surface area contributed by atoms with Crippen LogP contribution in [0.2, 0.25) is 0 Å². The highest BCUT2D eigenvalue weighted by atomic mass is 16.5. The molecule has 0 radical (unpaired) electrons. The molecule has 1 fully saturated rings. The van der Waals surface area contributed by atoms with Crippen LogP contribution in [-0.2, 0) is 24.3 Å². The normalized spacial score (nSPS) is 18.9. The molecule has 0 bridgehead atoms. The summed E-state index contributed by atoms with van der Waals surface area (Å²) < 4.78 is 18.6. The molecular weight excluding hydrogens is 512 g/mol. The number of carboxylic acid groups (broad SMARTS) is 1. The molecule has 2 heterocycles. The molecule has 3 N–H and O–H groups in total. The average Bonchev–Trinajstić information content (AvgIpc) is 3.69. The van der Waals surface area contributed by atoms with Crippen LogP contribution in [0.4, 0.5) is 0 Å². The third-order valence-corrected chi connectivity index (χ3v) is 8.25. The lowest BCUT2D eigenvalue weighted by Crippen LogP contribution is -2.31. The van der Waals surface area contributed by atoms with Crippen LogP contribution in [0.15, 0.2) is 48.5 Å². The number of carboxylic acids is 1. The average molecular weight is 551 g/mol. The van der Waals surface area contributed by atoms with Crippen molar-refractivity contribution in [2.75, 3.05) is 26.9 Å². The molecule has 3 atom stereocenters. The molecule has 2 aromatic carbocycles. The number of methoxy groups -OCH3 is 1. The molecule has 0 saturated heterocycles. The summed E-state index contributed by atoms with van der Waals surface area (Å²) in [6.07, 6.45) is 3.28. The fourth-order valence-electron chi connectivity index (χ4n) is 5.92. The van der Waals surface area contributed by atoms with Crippen LogP contribution in [0.25, 0.3) is 0 Å². The van der Waals surface area contributed by atoms with E-state index in [0.29, 0.717) is 30.4 Å².